The van der Waals surface area contributed by atoms with Crippen LogP contribution < -0.4 is 0 Å². The first-order valence-electron chi connectivity index (χ1n) is 2.99. The molecule has 0 radical (unpaired) electrons. The van der Waals surface area contributed by atoms with Crippen molar-refractivity contribution >= 4 is 28.9 Å². The zero-order valence-electron chi connectivity index (χ0n) is 5.51. The van der Waals surface area contributed by atoms with E-state index in [1.807, 2.05) is 0 Å². The van der Waals surface area contributed by atoms with Crippen LogP contribution >= 0.6 is 12.2 Å². The number of hydrogen-bond donors (Lipinski definition) is 0. The standard InChI is InChI=1S/C6H4N4S/c11-4-10-3-9-5-1-7-2-8-6(5)10/h1-4H. The molecule has 2 heterocycles. The smallest absolute Gasteiger partial charge is 0.167 e. The van der Waals surface area contributed by atoms with E-state index in [-0.39, 0.29) is 0 Å². The normalized spacial score (nSPS) is 10.2. The lowest BCUT2D eigenvalue weighted by Crippen LogP contribution is -1.91. The van der Waals surface area contributed by atoms with Crippen LogP contribution in [-0.4, -0.2) is 25.0 Å². The maximum atomic E-state index is 4.74. The molecule has 0 atom stereocenters. The molecule has 0 unspecified atom stereocenters. The third-order valence-electron chi connectivity index (χ3n) is 1.35. The fraction of sp³-hybridized carbons (Fsp3) is 0. The molecule has 4 nitrogen and oxygen atoms in total. The molecular formula is C6H4N4S. The second-order valence-corrected chi connectivity index (χ2v) is 2.20. The Morgan fingerprint density at radius 3 is 3.18 bits per heavy atom. The van der Waals surface area contributed by atoms with Gasteiger partial charge in [0.1, 0.15) is 18.2 Å². The van der Waals surface area contributed by atoms with Gasteiger partial charge in [0, 0.05) is 0 Å². The first-order chi connectivity index (χ1) is 5.42. The van der Waals surface area contributed by atoms with Crippen molar-refractivity contribution in [3.63, 3.8) is 0 Å². The van der Waals surface area contributed by atoms with Gasteiger partial charge < -0.3 is 0 Å². The van der Waals surface area contributed by atoms with Gasteiger partial charge in [-0.25, -0.2) is 15.0 Å². The Bertz CT molecular complexity index is 394. The van der Waals surface area contributed by atoms with Crippen molar-refractivity contribution in [2.45, 2.75) is 0 Å². The van der Waals surface area contributed by atoms with Crippen molar-refractivity contribution in [2.75, 3.05) is 0 Å². The van der Waals surface area contributed by atoms with Gasteiger partial charge in [-0.2, -0.15) is 0 Å². The topological polar surface area (TPSA) is 43.6 Å². The van der Waals surface area contributed by atoms with Gasteiger partial charge in [-0.1, -0.05) is 12.2 Å². The molecule has 54 valence electrons. The molecule has 0 bridgehead atoms. The number of imidazole rings is 1. The first kappa shape index (κ1) is 6.36. The predicted molar refractivity (Wildman–Crippen MR) is 44.4 cm³/mol. The highest BCUT2D eigenvalue weighted by Gasteiger charge is 1.98. The van der Waals surface area contributed by atoms with Gasteiger partial charge in [0.05, 0.1) is 11.7 Å². The molecule has 0 spiro atoms. The van der Waals surface area contributed by atoms with Gasteiger partial charge in [-0.15, -0.1) is 0 Å². The maximum Gasteiger partial charge on any atom is 0.167 e. The molecule has 2 rings (SSSR count). The zero-order valence-corrected chi connectivity index (χ0v) is 6.32. The second kappa shape index (κ2) is 2.35. The fourth-order valence-electron chi connectivity index (χ4n) is 0.862. The van der Waals surface area contributed by atoms with Crippen LogP contribution in [-0.2, 0) is 0 Å². The van der Waals surface area contributed by atoms with Crippen LogP contribution in [0.4, 0.5) is 0 Å². The van der Waals surface area contributed by atoms with Crippen LogP contribution in [0.25, 0.3) is 11.2 Å². The van der Waals surface area contributed by atoms with Gasteiger partial charge in [0.25, 0.3) is 0 Å². The van der Waals surface area contributed by atoms with E-state index in [0.29, 0.717) is 0 Å². The molecule has 0 aromatic carbocycles. The molecule has 11 heavy (non-hydrogen) atoms. The molecule has 5 heteroatoms. The Morgan fingerprint density at radius 1 is 1.45 bits per heavy atom. The summed E-state index contributed by atoms with van der Waals surface area (Å²) in [6.45, 7) is 0. The van der Waals surface area contributed by atoms with Gasteiger partial charge in [0.15, 0.2) is 5.65 Å². The summed E-state index contributed by atoms with van der Waals surface area (Å²) in [5, 5.41) is 0. The van der Waals surface area contributed by atoms with Crippen molar-refractivity contribution < 1.29 is 0 Å². The van der Waals surface area contributed by atoms with Crippen molar-refractivity contribution in [2.24, 2.45) is 0 Å². The van der Waals surface area contributed by atoms with E-state index >= 15 is 0 Å². The van der Waals surface area contributed by atoms with E-state index in [4.69, 9.17) is 12.2 Å². The zero-order chi connectivity index (χ0) is 7.68. The minimum Gasteiger partial charge on any atom is -0.280 e. The molecule has 2 aromatic rings. The summed E-state index contributed by atoms with van der Waals surface area (Å²) in [6, 6.07) is 0. The summed E-state index contributed by atoms with van der Waals surface area (Å²) < 4.78 is 1.67. The first-order valence-corrected chi connectivity index (χ1v) is 3.47. The van der Waals surface area contributed by atoms with Crippen LogP contribution in [0.2, 0.25) is 0 Å². The summed E-state index contributed by atoms with van der Waals surface area (Å²) in [5.41, 5.74) is 2.99. The third kappa shape index (κ3) is 0.894. The van der Waals surface area contributed by atoms with E-state index in [9.17, 15) is 0 Å². The minimum absolute atomic E-state index is 0.745. The Balaban J connectivity index is 2.86. The Kier molecular flexibility index (Phi) is 1.36. The fourth-order valence-corrected chi connectivity index (χ4v) is 1.02. The highest BCUT2D eigenvalue weighted by Crippen LogP contribution is 2.04. The summed E-state index contributed by atoms with van der Waals surface area (Å²) in [5.74, 6) is 0. The number of rotatable bonds is 1. The predicted octanol–water partition coefficient (Wildman–Crippen LogP) is 0.632. The van der Waals surface area contributed by atoms with Crippen molar-refractivity contribution in [3.05, 3.63) is 18.9 Å². The Morgan fingerprint density at radius 2 is 2.36 bits per heavy atom. The van der Waals surface area contributed by atoms with Crippen molar-refractivity contribution in [3.8, 4) is 0 Å². The molecule has 0 fully saturated rings. The summed E-state index contributed by atoms with van der Waals surface area (Å²) >= 11 is 4.74. The second-order valence-electron chi connectivity index (χ2n) is 1.99. The monoisotopic (exact) mass is 164 g/mol. The third-order valence-corrected chi connectivity index (χ3v) is 1.58. The molecular weight excluding hydrogens is 160 g/mol. The molecule has 0 aliphatic carbocycles. The number of aromatic nitrogens is 4. The molecule has 0 amide bonds. The lowest BCUT2D eigenvalue weighted by Gasteiger charge is -1.89. The van der Waals surface area contributed by atoms with Gasteiger partial charge in [0.2, 0.25) is 0 Å². The van der Waals surface area contributed by atoms with Crippen LogP contribution in [0.1, 0.15) is 0 Å². The lowest BCUT2D eigenvalue weighted by atomic mass is 10.6. The van der Waals surface area contributed by atoms with E-state index in [1.165, 1.54) is 11.8 Å². The lowest BCUT2D eigenvalue weighted by molar-refractivity contribution is 1.15. The van der Waals surface area contributed by atoms with Crippen LogP contribution in [0.3, 0.4) is 0 Å². The molecule has 0 saturated carbocycles. The Hall–Kier alpha value is -1.36. The maximum absolute atomic E-state index is 4.74. The SMILES string of the molecule is S=Cn1cnc2cncnc21. The molecule has 0 saturated heterocycles. The van der Waals surface area contributed by atoms with Crippen LogP contribution in [0, 0.1) is 0 Å². The molecule has 0 aliphatic rings. The Labute approximate surface area is 67.9 Å². The number of hydrogen-bond acceptors (Lipinski definition) is 4. The van der Waals surface area contributed by atoms with Crippen molar-refractivity contribution in [1.82, 2.24) is 19.5 Å². The van der Waals surface area contributed by atoms with Gasteiger partial charge in [-0.05, 0) is 0 Å². The van der Waals surface area contributed by atoms with E-state index in [1.54, 1.807) is 17.1 Å². The quantitative estimate of drug-likeness (QED) is 0.580. The highest BCUT2D eigenvalue weighted by atomic mass is 32.1. The van der Waals surface area contributed by atoms with Gasteiger partial charge >= 0.3 is 0 Å². The van der Waals surface area contributed by atoms with Crippen LogP contribution in [0.15, 0.2) is 18.9 Å². The minimum atomic E-state index is 0.745. The molecule has 0 N–H and O–H groups in total. The summed E-state index contributed by atoms with van der Waals surface area (Å²) in [4.78, 5) is 11.9. The van der Waals surface area contributed by atoms with Gasteiger partial charge in [-0.3, -0.25) is 4.57 Å². The van der Waals surface area contributed by atoms with E-state index in [2.05, 4.69) is 15.0 Å². The average molecular weight is 164 g/mol. The highest BCUT2D eigenvalue weighted by molar-refractivity contribution is 7.78. The average Bonchev–Trinajstić information content (AvgIpc) is 2.47. The van der Waals surface area contributed by atoms with Crippen molar-refractivity contribution in [1.29, 1.82) is 0 Å². The molecule has 0 aliphatic heterocycles. The largest absolute Gasteiger partial charge is 0.280 e. The number of fused-ring (bicyclic) bond motifs is 1. The summed E-state index contributed by atoms with van der Waals surface area (Å²) in [6.07, 6.45) is 4.74. The summed E-state index contributed by atoms with van der Waals surface area (Å²) in [7, 11) is 0. The molecule has 2 aromatic heterocycles. The van der Waals surface area contributed by atoms with E-state index < -0.39 is 0 Å². The van der Waals surface area contributed by atoms with E-state index in [0.717, 1.165) is 11.2 Å². The number of thiocarbonyl (C=S) groups is 1. The van der Waals surface area contributed by atoms with Crippen LogP contribution in [0.5, 0.6) is 0 Å². The number of nitrogens with zero attached hydrogens (tertiary/aromatic N) is 4.